The topological polar surface area (TPSA) is 66.4 Å². The van der Waals surface area contributed by atoms with Crippen LogP contribution in [0.4, 0.5) is 0 Å². The summed E-state index contributed by atoms with van der Waals surface area (Å²) < 4.78 is 26.6. The molecule has 0 bridgehead atoms. The first-order chi connectivity index (χ1) is 8.40. The Morgan fingerprint density at radius 2 is 1.83 bits per heavy atom. The Morgan fingerprint density at radius 1 is 1.28 bits per heavy atom. The van der Waals surface area contributed by atoms with E-state index in [0.29, 0.717) is 5.33 Å². The van der Waals surface area contributed by atoms with Crippen molar-refractivity contribution in [1.82, 2.24) is 4.72 Å². The molecule has 0 aromatic heterocycles. The van der Waals surface area contributed by atoms with Gasteiger partial charge < -0.3 is 5.11 Å². The minimum absolute atomic E-state index is 0.0339. The lowest BCUT2D eigenvalue weighted by Gasteiger charge is -2.19. The average Bonchev–Trinajstić information content (AvgIpc) is 2.35. The highest BCUT2D eigenvalue weighted by Crippen LogP contribution is 2.14. The zero-order chi connectivity index (χ0) is 13.8. The van der Waals surface area contributed by atoms with Gasteiger partial charge in [-0.05, 0) is 23.6 Å². The summed E-state index contributed by atoms with van der Waals surface area (Å²) in [6, 6.07) is 6.17. The SMILES string of the molecule is CC(C)C(CO)NS(=O)(=O)c1ccc(CBr)cc1. The summed E-state index contributed by atoms with van der Waals surface area (Å²) in [5, 5.41) is 9.84. The molecule has 0 fully saturated rings. The number of rotatable bonds is 6. The van der Waals surface area contributed by atoms with E-state index in [0.717, 1.165) is 5.56 Å². The van der Waals surface area contributed by atoms with Crippen molar-refractivity contribution < 1.29 is 13.5 Å². The third kappa shape index (κ3) is 4.05. The number of aliphatic hydroxyl groups excluding tert-OH is 1. The fraction of sp³-hybridized carbons (Fsp3) is 0.500. The zero-order valence-electron chi connectivity index (χ0n) is 10.4. The number of halogens is 1. The predicted molar refractivity (Wildman–Crippen MR) is 75.1 cm³/mol. The fourth-order valence-corrected chi connectivity index (χ4v) is 3.16. The normalized spacial score (nSPS) is 13.8. The van der Waals surface area contributed by atoms with Gasteiger partial charge in [0.1, 0.15) is 0 Å². The van der Waals surface area contributed by atoms with Crippen molar-refractivity contribution in [3.05, 3.63) is 29.8 Å². The van der Waals surface area contributed by atoms with Crippen molar-refractivity contribution in [2.75, 3.05) is 6.61 Å². The van der Waals surface area contributed by atoms with Crippen molar-refractivity contribution in [2.45, 2.75) is 30.1 Å². The van der Waals surface area contributed by atoms with Gasteiger partial charge in [0.15, 0.2) is 0 Å². The summed E-state index contributed by atoms with van der Waals surface area (Å²) in [6.45, 7) is 3.51. The first kappa shape index (κ1) is 15.6. The Bertz CT molecular complexity index is 471. The predicted octanol–water partition coefficient (Wildman–Crippen LogP) is 1.88. The quantitative estimate of drug-likeness (QED) is 0.780. The van der Waals surface area contributed by atoms with Crippen molar-refractivity contribution in [2.24, 2.45) is 5.92 Å². The van der Waals surface area contributed by atoms with Crippen LogP contribution in [0.1, 0.15) is 19.4 Å². The first-order valence-corrected chi connectivity index (χ1v) is 8.29. The molecule has 0 amide bonds. The minimum Gasteiger partial charge on any atom is -0.395 e. The Labute approximate surface area is 117 Å². The van der Waals surface area contributed by atoms with Crippen LogP contribution in [0.15, 0.2) is 29.2 Å². The molecule has 6 heteroatoms. The summed E-state index contributed by atoms with van der Waals surface area (Å²) in [4.78, 5) is 0.214. The van der Waals surface area contributed by atoms with E-state index in [4.69, 9.17) is 5.11 Å². The van der Waals surface area contributed by atoms with E-state index in [1.165, 1.54) is 0 Å². The Balaban J connectivity index is 2.91. The molecule has 0 radical (unpaired) electrons. The summed E-state index contributed by atoms with van der Waals surface area (Å²) in [6.07, 6.45) is 0. The Kier molecular flexibility index (Phi) is 5.78. The molecule has 1 atom stereocenters. The Morgan fingerprint density at radius 3 is 2.22 bits per heavy atom. The molecule has 0 aliphatic carbocycles. The molecule has 18 heavy (non-hydrogen) atoms. The van der Waals surface area contributed by atoms with Gasteiger partial charge in [-0.3, -0.25) is 0 Å². The van der Waals surface area contributed by atoms with Crippen LogP contribution in [0.2, 0.25) is 0 Å². The Hall–Kier alpha value is -0.430. The lowest BCUT2D eigenvalue weighted by Crippen LogP contribution is -2.41. The molecule has 102 valence electrons. The molecule has 0 aliphatic heterocycles. The van der Waals surface area contributed by atoms with Gasteiger partial charge in [0, 0.05) is 11.4 Å². The lowest BCUT2D eigenvalue weighted by atomic mass is 10.1. The molecule has 1 unspecified atom stereocenters. The van der Waals surface area contributed by atoms with Crippen LogP contribution in [0.5, 0.6) is 0 Å². The van der Waals surface area contributed by atoms with Crippen LogP contribution in [-0.4, -0.2) is 26.2 Å². The number of benzene rings is 1. The zero-order valence-corrected chi connectivity index (χ0v) is 12.8. The van der Waals surface area contributed by atoms with Gasteiger partial charge in [-0.2, -0.15) is 0 Å². The van der Waals surface area contributed by atoms with Crippen LogP contribution < -0.4 is 4.72 Å². The molecule has 4 nitrogen and oxygen atoms in total. The van der Waals surface area contributed by atoms with Crippen LogP contribution in [-0.2, 0) is 15.4 Å². The van der Waals surface area contributed by atoms with Crippen LogP contribution >= 0.6 is 15.9 Å². The lowest BCUT2D eigenvalue weighted by molar-refractivity contribution is 0.227. The van der Waals surface area contributed by atoms with Gasteiger partial charge in [-0.1, -0.05) is 41.9 Å². The van der Waals surface area contributed by atoms with E-state index >= 15 is 0 Å². The van der Waals surface area contributed by atoms with Gasteiger partial charge >= 0.3 is 0 Å². The highest BCUT2D eigenvalue weighted by Gasteiger charge is 2.21. The summed E-state index contributed by atoms with van der Waals surface area (Å²) in [5.74, 6) is 0.0339. The van der Waals surface area contributed by atoms with Gasteiger partial charge in [0.05, 0.1) is 11.5 Å². The number of aliphatic hydroxyl groups is 1. The molecule has 0 heterocycles. The second-order valence-corrected chi connectivity index (χ2v) is 6.71. The molecule has 1 aromatic rings. The summed E-state index contributed by atoms with van der Waals surface area (Å²) in [5.41, 5.74) is 1.01. The number of alkyl halides is 1. The summed E-state index contributed by atoms with van der Waals surface area (Å²) in [7, 11) is -3.57. The number of nitrogens with one attached hydrogen (secondary N) is 1. The second-order valence-electron chi connectivity index (χ2n) is 4.43. The minimum atomic E-state index is -3.57. The molecular weight excluding hydrogens is 318 g/mol. The van der Waals surface area contributed by atoms with Crippen LogP contribution in [0.3, 0.4) is 0 Å². The van der Waals surface area contributed by atoms with Crippen molar-refractivity contribution >= 4 is 26.0 Å². The average molecular weight is 336 g/mol. The second kappa shape index (κ2) is 6.65. The number of hydrogen-bond acceptors (Lipinski definition) is 3. The molecule has 0 saturated heterocycles. The van der Waals surface area contributed by atoms with Crippen LogP contribution in [0, 0.1) is 5.92 Å². The fourth-order valence-electron chi connectivity index (χ4n) is 1.41. The van der Waals surface area contributed by atoms with Gasteiger partial charge in [-0.15, -0.1) is 0 Å². The molecular formula is C12H18BrNO3S. The van der Waals surface area contributed by atoms with E-state index in [1.807, 2.05) is 13.8 Å². The molecule has 2 N–H and O–H groups in total. The number of sulfonamides is 1. The van der Waals surface area contributed by atoms with Gasteiger partial charge in [0.2, 0.25) is 10.0 Å². The highest BCUT2D eigenvalue weighted by molar-refractivity contribution is 9.08. The van der Waals surface area contributed by atoms with Gasteiger partial charge in [0.25, 0.3) is 0 Å². The third-order valence-electron chi connectivity index (χ3n) is 2.70. The third-order valence-corrected chi connectivity index (χ3v) is 4.85. The molecule has 1 aromatic carbocycles. The standard InChI is InChI=1S/C12H18BrNO3S/c1-9(2)12(8-15)14-18(16,17)11-5-3-10(7-13)4-6-11/h3-6,9,12,14-15H,7-8H2,1-2H3. The monoisotopic (exact) mass is 335 g/mol. The number of hydrogen-bond donors (Lipinski definition) is 2. The smallest absolute Gasteiger partial charge is 0.240 e. The van der Waals surface area contributed by atoms with Gasteiger partial charge in [-0.25, -0.2) is 13.1 Å². The molecule has 0 aliphatic rings. The van der Waals surface area contributed by atoms with E-state index in [1.54, 1.807) is 24.3 Å². The maximum absolute atomic E-state index is 12.1. The maximum atomic E-state index is 12.1. The maximum Gasteiger partial charge on any atom is 0.240 e. The highest BCUT2D eigenvalue weighted by atomic mass is 79.9. The first-order valence-electron chi connectivity index (χ1n) is 5.68. The molecule has 0 saturated carbocycles. The van der Waals surface area contributed by atoms with E-state index in [-0.39, 0.29) is 17.4 Å². The largest absolute Gasteiger partial charge is 0.395 e. The van der Waals surface area contributed by atoms with E-state index in [2.05, 4.69) is 20.7 Å². The van der Waals surface area contributed by atoms with Crippen molar-refractivity contribution in [3.63, 3.8) is 0 Å². The summed E-state index contributed by atoms with van der Waals surface area (Å²) >= 11 is 3.30. The molecule has 0 spiro atoms. The van der Waals surface area contributed by atoms with Crippen molar-refractivity contribution in [1.29, 1.82) is 0 Å². The molecule has 1 rings (SSSR count). The van der Waals surface area contributed by atoms with E-state index in [9.17, 15) is 8.42 Å². The van der Waals surface area contributed by atoms with E-state index < -0.39 is 16.1 Å². The van der Waals surface area contributed by atoms with Crippen LogP contribution in [0.25, 0.3) is 0 Å². The van der Waals surface area contributed by atoms with Crippen molar-refractivity contribution in [3.8, 4) is 0 Å².